The van der Waals surface area contributed by atoms with Gasteiger partial charge in [-0.25, -0.2) is 0 Å². The predicted molar refractivity (Wildman–Crippen MR) is 75.0 cm³/mol. The normalized spacial score (nSPS) is 22.1. The third-order valence-electron chi connectivity index (χ3n) is 3.28. The van der Waals surface area contributed by atoms with Gasteiger partial charge in [0.1, 0.15) is 5.75 Å². The molecule has 1 aromatic carbocycles. The minimum Gasteiger partial charge on any atom is -0.405 e. The summed E-state index contributed by atoms with van der Waals surface area (Å²) in [5.41, 5.74) is 0.417. The lowest BCUT2D eigenvalue weighted by Gasteiger charge is -2.15. The van der Waals surface area contributed by atoms with Crippen LogP contribution in [0, 0.1) is 11.8 Å². The van der Waals surface area contributed by atoms with Crippen molar-refractivity contribution >= 4 is 27.5 Å². The first-order valence-electron chi connectivity index (χ1n) is 6.33. The Morgan fingerprint density at radius 1 is 1.43 bits per heavy atom. The SMILES string of the molecule is CC1CNCC1C(=O)Nc1ccc(OC(F)(F)F)c(Br)c1. The summed E-state index contributed by atoms with van der Waals surface area (Å²) in [6, 6.07) is 3.91. The number of alkyl halides is 3. The summed E-state index contributed by atoms with van der Waals surface area (Å²) in [5.74, 6) is -0.420. The van der Waals surface area contributed by atoms with Gasteiger partial charge in [0.15, 0.2) is 0 Å². The van der Waals surface area contributed by atoms with Gasteiger partial charge in [-0.2, -0.15) is 0 Å². The molecule has 2 unspecified atom stereocenters. The minimum atomic E-state index is -4.75. The van der Waals surface area contributed by atoms with Gasteiger partial charge in [0.25, 0.3) is 0 Å². The highest BCUT2D eigenvalue weighted by Crippen LogP contribution is 2.32. The first kappa shape index (κ1) is 16.1. The van der Waals surface area contributed by atoms with Crippen molar-refractivity contribution in [2.24, 2.45) is 11.8 Å². The van der Waals surface area contributed by atoms with E-state index >= 15 is 0 Å². The lowest BCUT2D eigenvalue weighted by Crippen LogP contribution is -2.27. The van der Waals surface area contributed by atoms with Crippen molar-refractivity contribution in [1.82, 2.24) is 5.32 Å². The van der Waals surface area contributed by atoms with Crippen LogP contribution in [0.4, 0.5) is 18.9 Å². The molecule has 0 bridgehead atoms. The van der Waals surface area contributed by atoms with Gasteiger partial charge >= 0.3 is 6.36 Å². The molecule has 0 spiro atoms. The molecule has 1 aliphatic rings. The highest BCUT2D eigenvalue weighted by Gasteiger charge is 2.32. The second-order valence-corrected chi connectivity index (χ2v) is 5.78. The Labute approximate surface area is 128 Å². The maximum atomic E-state index is 12.2. The zero-order chi connectivity index (χ0) is 15.6. The first-order valence-corrected chi connectivity index (χ1v) is 7.12. The summed E-state index contributed by atoms with van der Waals surface area (Å²) in [5, 5.41) is 5.82. The smallest absolute Gasteiger partial charge is 0.405 e. The summed E-state index contributed by atoms with van der Waals surface area (Å²) in [6.07, 6.45) is -4.75. The molecule has 4 nitrogen and oxygen atoms in total. The van der Waals surface area contributed by atoms with Gasteiger partial charge in [0.05, 0.1) is 10.4 Å². The lowest BCUT2D eigenvalue weighted by molar-refractivity contribution is -0.274. The molecular weight excluding hydrogens is 353 g/mol. The molecule has 116 valence electrons. The highest BCUT2D eigenvalue weighted by atomic mass is 79.9. The zero-order valence-corrected chi connectivity index (χ0v) is 12.7. The number of rotatable bonds is 3. The van der Waals surface area contributed by atoms with Gasteiger partial charge in [-0.15, -0.1) is 13.2 Å². The van der Waals surface area contributed by atoms with E-state index in [0.717, 1.165) is 12.6 Å². The van der Waals surface area contributed by atoms with Crippen LogP contribution in [-0.2, 0) is 4.79 Å². The summed E-state index contributed by atoms with van der Waals surface area (Å²) in [6.45, 7) is 3.35. The molecule has 0 radical (unpaired) electrons. The van der Waals surface area contributed by atoms with E-state index in [1.54, 1.807) is 0 Å². The van der Waals surface area contributed by atoms with E-state index in [1.165, 1.54) is 12.1 Å². The molecule has 0 saturated carbocycles. The molecule has 0 aromatic heterocycles. The van der Waals surface area contributed by atoms with E-state index in [1.807, 2.05) is 6.92 Å². The summed E-state index contributed by atoms with van der Waals surface area (Å²) >= 11 is 3.00. The van der Waals surface area contributed by atoms with Crippen molar-refractivity contribution in [3.63, 3.8) is 0 Å². The molecule has 2 rings (SSSR count). The van der Waals surface area contributed by atoms with E-state index in [0.29, 0.717) is 12.2 Å². The Bertz CT molecular complexity index is 537. The monoisotopic (exact) mass is 366 g/mol. The number of nitrogens with one attached hydrogen (secondary N) is 2. The summed E-state index contributed by atoms with van der Waals surface area (Å²) < 4.78 is 40.4. The molecule has 0 aliphatic carbocycles. The zero-order valence-electron chi connectivity index (χ0n) is 11.1. The number of carbonyl (C=O) groups is 1. The van der Waals surface area contributed by atoms with Crippen LogP contribution in [0.3, 0.4) is 0 Å². The average molecular weight is 367 g/mol. The van der Waals surface area contributed by atoms with Crippen molar-refractivity contribution in [2.75, 3.05) is 18.4 Å². The van der Waals surface area contributed by atoms with Crippen LogP contribution in [-0.4, -0.2) is 25.4 Å². The lowest BCUT2D eigenvalue weighted by atomic mass is 9.97. The van der Waals surface area contributed by atoms with Crippen molar-refractivity contribution < 1.29 is 22.7 Å². The van der Waals surface area contributed by atoms with Crippen molar-refractivity contribution in [3.05, 3.63) is 22.7 Å². The Hall–Kier alpha value is -1.28. The number of carbonyl (C=O) groups excluding carboxylic acids is 1. The van der Waals surface area contributed by atoms with Gasteiger partial charge in [-0.3, -0.25) is 4.79 Å². The Morgan fingerprint density at radius 2 is 2.14 bits per heavy atom. The molecule has 2 N–H and O–H groups in total. The van der Waals surface area contributed by atoms with Crippen molar-refractivity contribution in [1.29, 1.82) is 0 Å². The van der Waals surface area contributed by atoms with E-state index < -0.39 is 6.36 Å². The third-order valence-corrected chi connectivity index (χ3v) is 3.90. The van der Waals surface area contributed by atoms with E-state index in [2.05, 4.69) is 31.3 Å². The molecule has 21 heavy (non-hydrogen) atoms. The minimum absolute atomic E-state index is 0.121. The quantitative estimate of drug-likeness (QED) is 0.863. The van der Waals surface area contributed by atoms with Crippen LogP contribution in [0.25, 0.3) is 0 Å². The fourth-order valence-corrected chi connectivity index (χ4v) is 2.64. The Balaban J connectivity index is 2.05. The van der Waals surface area contributed by atoms with Crippen LogP contribution in [0.2, 0.25) is 0 Å². The average Bonchev–Trinajstić information content (AvgIpc) is 2.77. The van der Waals surface area contributed by atoms with Gasteiger partial charge in [-0.1, -0.05) is 6.92 Å². The van der Waals surface area contributed by atoms with Crippen LogP contribution in [0.15, 0.2) is 22.7 Å². The van der Waals surface area contributed by atoms with Crippen LogP contribution in [0.1, 0.15) is 6.92 Å². The van der Waals surface area contributed by atoms with Crippen molar-refractivity contribution in [3.8, 4) is 5.75 Å². The van der Waals surface area contributed by atoms with E-state index in [9.17, 15) is 18.0 Å². The molecule has 1 aromatic rings. The number of ether oxygens (including phenoxy) is 1. The maximum absolute atomic E-state index is 12.2. The van der Waals surface area contributed by atoms with E-state index in [-0.39, 0.29) is 28.0 Å². The fourth-order valence-electron chi connectivity index (χ4n) is 2.18. The van der Waals surface area contributed by atoms with Crippen LogP contribution >= 0.6 is 15.9 Å². The third kappa shape index (κ3) is 4.34. The second kappa shape index (κ2) is 6.23. The molecular formula is C13H14BrF3N2O2. The number of hydrogen-bond donors (Lipinski definition) is 2. The number of amides is 1. The molecule has 1 heterocycles. The Kier molecular flexibility index (Phi) is 4.77. The van der Waals surface area contributed by atoms with Gasteiger partial charge in [0, 0.05) is 12.2 Å². The number of halogens is 4. The molecule has 1 amide bonds. The Morgan fingerprint density at radius 3 is 2.67 bits per heavy atom. The summed E-state index contributed by atoms with van der Waals surface area (Å²) in [7, 11) is 0. The molecule has 1 saturated heterocycles. The first-order chi connectivity index (χ1) is 9.76. The largest absolute Gasteiger partial charge is 0.573 e. The van der Waals surface area contributed by atoms with Crippen molar-refractivity contribution in [2.45, 2.75) is 13.3 Å². The number of benzene rings is 1. The highest BCUT2D eigenvalue weighted by molar-refractivity contribution is 9.10. The van der Waals surface area contributed by atoms with Gasteiger partial charge < -0.3 is 15.4 Å². The fraction of sp³-hybridized carbons (Fsp3) is 0.462. The summed E-state index contributed by atoms with van der Waals surface area (Å²) in [4.78, 5) is 12.1. The standard InChI is InChI=1S/C13H14BrF3N2O2/c1-7-5-18-6-9(7)12(20)19-8-2-3-11(10(14)4-8)21-13(15,16)17/h2-4,7,9,18H,5-6H2,1H3,(H,19,20). The number of anilines is 1. The molecule has 1 fully saturated rings. The van der Waals surface area contributed by atoms with Crippen LogP contribution in [0.5, 0.6) is 5.75 Å². The second-order valence-electron chi connectivity index (χ2n) is 4.92. The van der Waals surface area contributed by atoms with Gasteiger partial charge in [-0.05, 0) is 46.6 Å². The van der Waals surface area contributed by atoms with Gasteiger partial charge in [0.2, 0.25) is 5.91 Å². The molecule has 8 heteroatoms. The maximum Gasteiger partial charge on any atom is 0.573 e. The van der Waals surface area contributed by atoms with E-state index in [4.69, 9.17) is 0 Å². The molecule has 1 aliphatic heterocycles. The van der Waals surface area contributed by atoms with Crippen LogP contribution < -0.4 is 15.4 Å². The predicted octanol–water partition coefficient (Wildman–Crippen LogP) is 3.14. The number of hydrogen-bond acceptors (Lipinski definition) is 3. The topological polar surface area (TPSA) is 50.4 Å². The molecule has 2 atom stereocenters.